The minimum absolute atomic E-state index is 0.0352. The fourth-order valence-corrected chi connectivity index (χ4v) is 3.41. The first-order valence-corrected chi connectivity index (χ1v) is 9.29. The second-order valence-electron chi connectivity index (χ2n) is 6.65. The molecule has 1 aromatic heterocycles. The van der Waals surface area contributed by atoms with Crippen LogP contribution in [0.2, 0.25) is 0 Å². The van der Waals surface area contributed by atoms with Crippen LogP contribution in [0.25, 0.3) is 0 Å². The van der Waals surface area contributed by atoms with Crippen molar-refractivity contribution in [1.82, 2.24) is 0 Å². The maximum absolute atomic E-state index is 12.5. The van der Waals surface area contributed by atoms with E-state index >= 15 is 0 Å². The lowest BCUT2D eigenvalue weighted by Gasteiger charge is -2.20. The van der Waals surface area contributed by atoms with Gasteiger partial charge < -0.3 is 15.6 Å². The molecule has 144 valence electrons. The Morgan fingerprint density at radius 1 is 1.04 bits per heavy atom. The lowest BCUT2D eigenvalue weighted by Crippen LogP contribution is -2.40. The van der Waals surface area contributed by atoms with Crippen molar-refractivity contribution in [3.05, 3.63) is 51.7 Å². The van der Waals surface area contributed by atoms with Gasteiger partial charge in [-0.05, 0) is 69.0 Å². The smallest absolute Gasteiger partial charge is 0.416 e. The van der Waals surface area contributed by atoms with Crippen LogP contribution < -0.4 is 10.5 Å². The Labute approximate surface area is 155 Å². The second kappa shape index (κ2) is 8.88. The quantitative estimate of drug-likeness (QED) is 0.626. The van der Waals surface area contributed by atoms with Crippen molar-refractivity contribution in [3.63, 3.8) is 0 Å². The van der Waals surface area contributed by atoms with Gasteiger partial charge in [-0.3, -0.25) is 0 Å². The van der Waals surface area contributed by atoms with Gasteiger partial charge in [0.05, 0.1) is 18.8 Å². The van der Waals surface area contributed by atoms with Gasteiger partial charge in [0.2, 0.25) is 0 Å². The molecule has 0 aliphatic heterocycles. The van der Waals surface area contributed by atoms with Crippen molar-refractivity contribution in [3.8, 4) is 5.75 Å². The van der Waals surface area contributed by atoms with Crippen molar-refractivity contribution in [2.45, 2.75) is 44.3 Å². The summed E-state index contributed by atoms with van der Waals surface area (Å²) in [7, 11) is 0. The van der Waals surface area contributed by atoms with E-state index in [9.17, 15) is 18.3 Å². The molecule has 1 aromatic carbocycles. The number of aryl methyl sites for hydroxylation is 2. The molecule has 7 heteroatoms. The van der Waals surface area contributed by atoms with Gasteiger partial charge in [0.1, 0.15) is 5.75 Å². The van der Waals surface area contributed by atoms with E-state index < -0.39 is 17.3 Å². The highest BCUT2D eigenvalue weighted by Gasteiger charge is 2.30. The van der Waals surface area contributed by atoms with E-state index in [1.807, 2.05) is 6.92 Å². The molecule has 0 amide bonds. The van der Waals surface area contributed by atoms with Crippen molar-refractivity contribution < 1.29 is 23.0 Å². The Balaban J connectivity index is 1.72. The van der Waals surface area contributed by atoms with Gasteiger partial charge in [0.25, 0.3) is 0 Å². The largest absolute Gasteiger partial charge is 0.494 e. The van der Waals surface area contributed by atoms with Gasteiger partial charge in [0, 0.05) is 15.3 Å². The van der Waals surface area contributed by atoms with Crippen LogP contribution in [-0.4, -0.2) is 23.9 Å². The molecule has 0 saturated carbocycles. The maximum atomic E-state index is 12.5. The predicted molar refractivity (Wildman–Crippen MR) is 97.6 cm³/mol. The summed E-state index contributed by atoms with van der Waals surface area (Å²) in [6.45, 7) is 2.25. The molecule has 0 radical (unpaired) electrons. The first-order valence-electron chi connectivity index (χ1n) is 8.47. The fraction of sp³-hybridized carbons (Fsp3) is 0.474. The van der Waals surface area contributed by atoms with Crippen molar-refractivity contribution >= 4 is 11.3 Å². The molecular formula is C19H24F3NO2S. The monoisotopic (exact) mass is 387 g/mol. The number of rotatable bonds is 9. The van der Waals surface area contributed by atoms with Crippen LogP contribution in [0.5, 0.6) is 5.75 Å². The van der Waals surface area contributed by atoms with Crippen molar-refractivity contribution in [2.75, 3.05) is 13.2 Å². The molecule has 2 rings (SSSR count). The highest BCUT2D eigenvalue weighted by molar-refractivity contribution is 7.11. The third-order valence-electron chi connectivity index (χ3n) is 4.04. The molecule has 3 N–H and O–H groups in total. The van der Waals surface area contributed by atoms with Crippen LogP contribution in [0.1, 0.15) is 35.1 Å². The first kappa shape index (κ1) is 20.7. The third kappa shape index (κ3) is 6.63. The number of thiophene rings is 1. The van der Waals surface area contributed by atoms with Crippen LogP contribution in [0.3, 0.4) is 0 Å². The predicted octanol–water partition coefficient (Wildman–Crippen LogP) is 4.42. The van der Waals surface area contributed by atoms with Crippen molar-refractivity contribution in [2.24, 2.45) is 5.73 Å². The average Bonchev–Trinajstić information content (AvgIpc) is 3.05. The number of ether oxygens (including phenoxy) is 1. The molecule has 1 unspecified atom stereocenters. The summed E-state index contributed by atoms with van der Waals surface area (Å²) in [5.74, 6) is 0.441. The summed E-state index contributed by atoms with van der Waals surface area (Å²) in [4.78, 5) is 2.47. The van der Waals surface area contributed by atoms with Gasteiger partial charge in [-0.2, -0.15) is 13.2 Å². The summed E-state index contributed by atoms with van der Waals surface area (Å²) in [6, 6.07) is 8.89. The van der Waals surface area contributed by atoms with Crippen LogP contribution in [0.4, 0.5) is 13.2 Å². The van der Waals surface area contributed by atoms with Gasteiger partial charge in [-0.15, -0.1) is 11.3 Å². The van der Waals surface area contributed by atoms with Crippen LogP contribution >= 0.6 is 11.3 Å². The number of hydrogen-bond acceptors (Lipinski definition) is 4. The molecule has 0 saturated heterocycles. The number of aliphatic hydroxyl groups excluding tert-OH is 1. The SMILES string of the molecule is CC(N)(CO)CCc1ccc(CCCOc2ccc(C(F)(F)F)cc2)s1. The van der Waals surface area contributed by atoms with E-state index in [-0.39, 0.29) is 6.61 Å². The zero-order chi connectivity index (χ0) is 19.2. The summed E-state index contributed by atoms with van der Waals surface area (Å²) in [5.41, 5.74) is 4.70. The Hall–Kier alpha value is -1.57. The Bertz CT molecular complexity index is 681. The Kier molecular flexibility index (Phi) is 7.08. The maximum Gasteiger partial charge on any atom is 0.416 e. The molecule has 0 aliphatic carbocycles. The second-order valence-corrected chi connectivity index (χ2v) is 7.91. The van der Waals surface area contributed by atoms with Crippen molar-refractivity contribution in [1.29, 1.82) is 0 Å². The summed E-state index contributed by atoms with van der Waals surface area (Å²) in [5, 5.41) is 9.18. The van der Waals surface area contributed by atoms with E-state index in [4.69, 9.17) is 10.5 Å². The first-order chi connectivity index (χ1) is 12.2. The topological polar surface area (TPSA) is 55.5 Å². The highest BCUT2D eigenvalue weighted by atomic mass is 32.1. The summed E-state index contributed by atoms with van der Waals surface area (Å²) < 4.78 is 43.0. The van der Waals surface area contributed by atoms with Gasteiger partial charge in [-0.25, -0.2) is 0 Å². The van der Waals surface area contributed by atoms with Crippen LogP contribution in [0.15, 0.2) is 36.4 Å². The normalized spacial score (nSPS) is 14.2. The number of alkyl halides is 3. The van der Waals surface area contributed by atoms with Gasteiger partial charge >= 0.3 is 6.18 Å². The Morgan fingerprint density at radius 2 is 1.65 bits per heavy atom. The van der Waals surface area contributed by atoms with Crippen LogP contribution in [-0.2, 0) is 19.0 Å². The molecule has 3 nitrogen and oxygen atoms in total. The number of nitrogens with two attached hydrogens (primary N) is 1. The number of aliphatic hydroxyl groups is 1. The number of hydrogen-bond donors (Lipinski definition) is 2. The molecule has 0 spiro atoms. The minimum atomic E-state index is -4.33. The minimum Gasteiger partial charge on any atom is -0.494 e. The lowest BCUT2D eigenvalue weighted by molar-refractivity contribution is -0.137. The summed E-state index contributed by atoms with van der Waals surface area (Å²) in [6.07, 6.45) is -1.13. The van der Waals surface area contributed by atoms with E-state index in [1.165, 1.54) is 21.9 Å². The zero-order valence-corrected chi connectivity index (χ0v) is 15.5. The molecule has 1 heterocycles. The van der Waals surface area contributed by atoms with Crippen LogP contribution in [0, 0.1) is 0 Å². The number of halogens is 3. The van der Waals surface area contributed by atoms with E-state index in [0.29, 0.717) is 12.4 Å². The van der Waals surface area contributed by atoms with E-state index in [2.05, 4.69) is 12.1 Å². The average molecular weight is 387 g/mol. The Morgan fingerprint density at radius 3 is 2.23 bits per heavy atom. The molecule has 2 aromatic rings. The molecular weight excluding hydrogens is 363 g/mol. The molecule has 0 fully saturated rings. The summed E-state index contributed by atoms with van der Waals surface area (Å²) >= 11 is 1.72. The lowest BCUT2D eigenvalue weighted by atomic mass is 9.98. The molecule has 0 bridgehead atoms. The number of benzene rings is 1. The van der Waals surface area contributed by atoms with E-state index in [1.54, 1.807) is 11.3 Å². The molecule has 0 aliphatic rings. The highest BCUT2D eigenvalue weighted by Crippen LogP contribution is 2.30. The standard InChI is InChI=1S/C19H24F3NO2S/c1-18(23,13-24)11-10-17-9-8-16(26-17)3-2-12-25-15-6-4-14(5-7-15)19(20,21)22/h4-9,24H,2-3,10-13,23H2,1H3. The molecule has 1 atom stereocenters. The third-order valence-corrected chi connectivity index (χ3v) is 5.24. The fourth-order valence-electron chi connectivity index (χ4n) is 2.36. The van der Waals surface area contributed by atoms with E-state index in [0.717, 1.165) is 37.8 Å². The zero-order valence-electron chi connectivity index (χ0n) is 14.7. The molecule has 26 heavy (non-hydrogen) atoms. The van der Waals surface area contributed by atoms with Gasteiger partial charge in [-0.1, -0.05) is 0 Å². The van der Waals surface area contributed by atoms with Gasteiger partial charge in [0.15, 0.2) is 0 Å².